The van der Waals surface area contributed by atoms with Crippen LogP contribution >= 0.6 is 11.3 Å². The number of anilines is 3. The smallest absolute Gasteiger partial charge is 0.323 e. The standard InChI is InChI=1S/C34H51N11OS/c1-3-4-14-38-32-41-33(39-15-7-22-45-23-20-36-18-16-35-17-19-37-21-24-45)43-34(42-32)46-26-25-44(2)28-12-10-27(11-13-28)31-40-29-8-5-6-9-30(29)47-31/h5-6,8-13,35-37H,3-4,7,14-26H2,1-2H3,(H2,38,39,41,42,43). The monoisotopic (exact) mass is 661 g/mol. The first-order valence-electron chi connectivity index (χ1n) is 17.1. The maximum atomic E-state index is 6.06. The van der Waals surface area contributed by atoms with Crippen LogP contribution in [0.5, 0.6) is 6.01 Å². The summed E-state index contributed by atoms with van der Waals surface area (Å²) >= 11 is 1.72. The Labute approximate surface area is 283 Å². The number of para-hydroxylation sites is 1. The number of unbranched alkanes of at least 4 members (excludes halogenated alkanes) is 1. The fraction of sp³-hybridized carbons (Fsp3) is 0.529. The number of rotatable bonds is 15. The molecule has 12 nitrogen and oxygen atoms in total. The van der Waals surface area contributed by atoms with Gasteiger partial charge < -0.3 is 41.1 Å². The molecule has 0 saturated carbocycles. The molecule has 3 heterocycles. The normalized spacial score (nSPS) is 15.1. The largest absolute Gasteiger partial charge is 0.461 e. The summed E-state index contributed by atoms with van der Waals surface area (Å²) in [5.74, 6) is 1.08. The van der Waals surface area contributed by atoms with Gasteiger partial charge in [-0.3, -0.25) is 0 Å². The minimum Gasteiger partial charge on any atom is -0.461 e. The number of hydrogen-bond acceptors (Lipinski definition) is 13. The van der Waals surface area contributed by atoms with Crippen molar-refractivity contribution < 1.29 is 4.74 Å². The predicted octanol–water partition coefficient (Wildman–Crippen LogP) is 3.76. The SMILES string of the molecule is CCCCNc1nc(NCCCN2CCNCCNCCNCC2)nc(OCCN(C)c2ccc(-c3nc4ccccc4s3)cc2)n1. The average Bonchev–Trinajstić information content (AvgIpc) is 3.52. The fourth-order valence-corrected chi connectivity index (χ4v) is 6.23. The van der Waals surface area contributed by atoms with Gasteiger partial charge in [0.2, 0.25) is 11.9 Å². The predicted molar refractivity (Wildman–Crippen MR) is 195 cm³/mol. The van der Waals surface area contributed by atoms with Gasteiger partial charge in [0.15, 0.2) is 0 Å². The van der Waals surface area contributed by atoms with Crippen LogP contribution in [0.25, 0.3) is 20.8 Å². The minimum absolute atomic E-state index is 0.329. The number of fused-ring (bicyclic) bond motifs is 1. The molecule has 1 saturated heterocycles. The van der Waals surface area contributed by atoms with E-state index in [-0.39, 0.29) is 0 Å². The van der Waals surface area contributed by atoms with Gasteiger partial charge in [-0.05, 0) is 55.8 Å². The Morgan fingerprint density at radius 2 is 1.47 bits per heavy atom. The van der Waals surface area contributed by atoms with Crippen molar-refractivity contribution in [3.8, 4) is 16.6 Å². The van der Waals surface area contributed by atoms with E-state index < -0.39 is 0 Å². The topological polar surface area (TPSA) is 127 Å². The van der Waals surface area contributed by atoms with Crippen LogP contribution in [0, 0.1) is 0 Å². The summed E-state index contributed by atoms with van der Waals surface area (Å²) in [6, 6.07) is 17.1. The number of nitrogens with zero attached hydrogens (tertiary/aromatic N) is 6. The molecule has 1 aliphatic heterocycles. The van der Waals surface area contributed by atoms with Crippen LogP contribution in [0.15, 0.2) is 48.5 Å². The highest BCUT2D eigenvalue weighted by Gasteiger charge is 2.11. The number of nitrogens with one attached hydrogen (secondary N) is 5. The molecule has 1 aliphatic rings. The molecule has 5 rings (SSSR count). The number of thiazole rings is 1. The van der Waals surface area contributed by atoms with Crippen molar-refractivity contribution in [2.24, 2.45) is 0 Å². The van der Waals surface area contributed by atoms with E-state index in [1.54, 1.807) is 11.3 Å². The first-order chi connectivity index (χ1) is 23.2. The molecule has 1 fully saturated rings. The molecule has 0 radical (unpaired) electrons. The molecule has 5 N–H and O–H groups in total. The molecule has 13 heteroatoms. The summed E-state index contributed by atoms with van der Waals surface area (Å²) in [5, 5.41) is 18.3. The van der Waals surface area contributed by atoms with Crippen LogP contribution in [0.3, 0.4) is 0 Å². The Bertz CT molecular complexity index is 1420. The van der Waals surface area contributed by atoms with Gasteiger partial charge in [-0.1, -0.05) is 25.5 Å². The van der Waals surface area contributed by atoms with Gasteiger partial charge in [-0.15, -0.1) is 11.3 Å². The minimum atomic E-state index is 0.329. The summed E-state index contributed by atoms with van der Waals surface area (Å²) in [5.41, 5.74) is 3.27. The van der Waals surface area contributed by atoms with Gasteiger partial charge in [0.25, 0.3) is 0 Å². The summed E-state index contributed by atoms with van der Waals surface area (Å²) in [4.78, 5) is 23.2. The number of ether oxygens (including phenoxy) is 1. The van der Waals surface area contributed by atoms with Crippen molar-refractivity contribution in [1.29, 1.82) is 0 Å². The lowest BCUT2D eigenvalue weighted by atomic mass is 10.2. The van der Waals surface area contributed by atoms with Crippen molar-refractivity contribution in [2.75, 3.05) is 108 Å². The Balaban J connectivity index is 1.10. The van der Waals surface area contributed by atoms with Gasteiger partial charge in [0.1, 0.15) is 11.6 Å². The van der Waals surface area contributed by atoms with Crippen molar-refractivity contribution in [3.63, 3.8) is 0 Å². The van der Waals surface area contributed by atoms with E-state index in [9.17, 15) is 0 Å². The van der Waals surface area contributed by atoms with Crippen LogP contribution in [0.1, 0.15) is 26.2 Å². The van der Waals surface area contributed by atoms with Gasteiger partial charge in [0.05, 0.1) is 16.8 Å². The van der Waals surface area contributed by atoms with E-state index >= 15 is 0 Å². The van der Waals surface area contributed by atoms with E-state index in [2.05, 4.69) is 108 Å². The van der Waals surface area contributed by atoms with Crippen LogP contribution in [-0.4, -0.2) is 117 Å². The Kier molecular flexibility index (Phi) is 14.2. The molecule has 0 aliphatic carbocycles. The molecule has 4 aromatic rings. The molecular weight excluding hydrogens is 611 g/mol. The second kappa shape index (κ2) is 19.3. The molecule has 0 amide bonds. The van der Waals surface area contributed by atoms with Crippen LogP contribution in [0.4, 0.5) is 17.6 Å². The first kappa shape index (κ1) is 34.7. The molecular formula is C34H51N11OS. The third-order valence-corrected chi connectivity index (χ3v) is 9.12. The summed E-state index contributed by atoms with van der Waals surface area (Å²) < 4.78 is 7.27. The molecule has 0 bridgehead atoms. The summed E-state index contributed by atoms with van der Waals surface area (Å²) in [6.45, 7) is 14.0. The average molecular weight is 662 g/mol. The van der Waals surface area contributed by atoms with Gasteiger partial charge in [-0.2, -0.15) is 15.0 Å². The number of aromatic nitrogens is 4. The van der Waals surface area contributed by atoms with E-state index in [1.165, 1.54) is 4.70 Å². The summed E-state index contributed by atoms with van der Waals surface area (Å²) in [6.07, 6.45) is 3.13. The number of hydrogen-bond donors (Lipinski definition) is 5. The zero-order chi connectivity index (χ0) is 32.5. The lowest BCUT2D eigenvalue weighted by Gasteiger charge is -2.23. The van der Waals surface area contributed by atoms with E-state index in [0.717, 1.165) is 113 Å². The van der Waals surface area contributed by atoms with Crippen LogP contribution < -0.4 is 36.2 Å². The number of likely N-dealkylation sites (N-methyl/N-ethyl adjacent to an activating group) is 1. The van der Waals surface area contributed by atoms with E-state index in [4.69, 9.17) is 9.72 Å². The third-order valence-electron chi connectivity index (χ3n) is 8.04. The first-order valence-corrected chi connectivity index (χ1v) is 17.9. The molecule has 0 atom stereocenters. The van der Waals surface area contributed by atoms with Gasteiger partial charge in [-0.25, -0.2) is 4.98 Å². The second-order valence-electron chi connectivity index (χ2n) is 11.7. The van der Waals surface area contributed by atoms with Crippen molar-refractivity contribution in [3.05, 3.63) is 48.5 Å². The van der Waals surface area contributed by atoms with Crippen LogP contribution in [0.2, 0.25) is 0 Å². The molecule has 0 spiro atoms. The maximum Gasteiger partial charge on any atom is 0.323 e. The van der Waals surface area contributed by atoms with Crippen molar-refractivity contribution >= 4 is 39.1 Å². The summed E-state index contributed by atoms with van der Waals surface area (Å²) in [7, 11) is 2.07. The van der Waals surface area contributed by atoms with Crippen LogP contribution in [-0.2, 0) is 0 Å². The molecule has 2 aromatic carbocycles. The zero-order valence-corrected chi connectivity index (χ0v) is 28.7. The molecule has 47 heavy (non-hydrogen) atoms. The molecule has 0 unspecified atom stereocenters. The molecule has 254 valence electrons. The van der Waals surface area contributed by atoms with E-state index in [0.29, 0.717) is 31.1 Å². The van der Waals surface area contributed by atoms with Crippen molar-refractivity contribution in [2.45, 2.75) is 26.2 Å². The second-order valence-corrected chi connectivity index (χ2v) is 12.8. The Morgan fingerprint density at radius 1 is 0.809 bits per heavy atom. The maximum absolute atomic E-state index is 6.06. The lowest BCUT2D eigenvalue weighted by Crippen LogP contribution is -2.42. The Hall–Kier alpha value is -3.62. The quantitative estimate of drug-likeness (QED) is 0.119. The Morgan fingerprint density at radius 3 is 2.15 bits per heavy atom. The van der Waals surface area contributed by atoms with Gasteiger partial charge in [0, 0.05) is 83.7 Å². The highest BCUT2D eigenvalue weighted by atomic mass is 32.1. The van der Waals surface area contributed by atoms with Crippen molar-refractivity contribution in [1.82, 2.24) is 40.8 Å². The van der Waals surface area contributed by atoms with Gasteiger partial charge >= 0.3 is 6.01 Å². The van der Waals surface area contributed by atoms with E-state index in [1.807, 2.05) is 6.07 Å². The number of benzene rings is 2. The zero-order valence-electron chi connectivity index (χ0n) is 27.9. The highest BCUT2D eigenvalue weighted by molar-refractivity contribution is 7.21. The lowest BCUT2D eigenvalue weighted by molar-refractivity contribution is 0.270. The highest BCUT2D eigenvalue weighted by Crippen LogP contribution is 2.31. The molecule has 2 aromatic heterocycles. The fourth-order valence-electron chi connectivity index (χ4n) is 5.25. The third kappa shape index (κ3) is 11.5.